The zero-order valence-corrected chi connectivity index (χ0v) is 12.1. The van der Waals surface area contributed by atoms with E-state index in [0.29, 0.717) is 5.01 Å². The highest BCUT2D eigenvalue weighted by Crippen LogP contribution is 2.30. The normalized spacial score (nSPS) is 12.4. The molecule has 0 N–H and O–H groups in total. The van der Waals surface area contributed by atoms with E-state index in [1.165, 1.54) is 17.6 Å². The Morgan fingerprint density at radius 1 is 1.41 bits per heavy atom. The standard InChI is InChI=1S/C11H16N2O2S2/c1-11(2,3)10-8(5-6-12)16-9(13-10)7-17(4,14)15/h5,7H2,1-4H3. The van der Waals surface area contributed by atoms with E-state index in [1.807, 2.05) is 20.8 Å². The lowest BCUT2D eigenvalue weighted by Gasteiger charge is -2.16. The van der Waals surface area contributed by atoms with Crippen molar-refractivity contribution in [3.63, 3.8) is 0 Å². The van der Waals surface area contributed by atoms with Gasteiger partial charge in [-0.05, 0) is 0 Å². The summed E-state index contributed by atoms with van der Waals surface area (Å²) in [5, 5.41) is 9.33. The van der Waals surface area contributed by atoms with Crippen molar-refractivity contribution in [2.45, 2.75) is 38.4 Å². The summed E-state index contributed by atoms with van der Waals surface area (Å²) in [6, 6.07) is 2.09. The predicted octanol–water partition coefficient (Wildman–Crippen LogP) is 2.05. The van der Waals surface area contributed by atoms with Crippen LogP contribution in [-0.2, 0) is 27.4 Å². The van der Waals surface area contributed by atoms with Gasteiger partial charge in [0.05, 0.1) is 18.2 Å². The van der Waals surface area contributed by atoms with Crippen molar-refractivity contribution < 1.29 is 8.42 Å². The predicted molar refractivity (Wildman–Crippen MR) is 68.7 cm³/mol. The molecule has 0 atom stereocenters. The second-order valence-electron chi connectivity index (χ2n) is 5.03. The number of hydrogen-bond acceptors (Lipinski definition) is 5. The van der Waals surface area contributed by atoms with E-state index in [0.717, 1.165) is 10.6 Å². The zero-order chi connectivity index (χ0) is 13.3. The quantitative estimate of drug-likeness (QED) is 0.844. The van der Waals surface area contributed by atoms with E-state index >= 15 is 0 Å². The van der Waals surface area contributed by atoms with E-state index in [2.05, 4.69) is 11.1 Å². The van der Waals surface area contributed by atoms with Crippen molar-refractivity contribution in [2.75, 3.05) is 6.26 Å². The van der Waals surface area contributed by atoms with Gasteiger partial charge in [-0.3, -0.25) is 0 Å². The van der Waals surface area contributed by atoms with Crippen LogP contribution in [0, 0.1) is 11.3 Å². The molecule has 1 aromatic heterocycles. The molecule has 1 heterocycles. The molecule has 0 saturated carbocycles. The molecule has 0 unspecified atom stereocenters. The highest BCUT2D eigenvalue weighted by atomic mass is 32.2. The SMILES string of the molecule is CC(C)(C)c1nc(CS(C)(=O)=O)sc1CC#N. The fraction of sp³-hybridized carbons (Fsp3) is 0.636. The van der Waals surface area contributed by atoms with Gasteiger partial charge in [0.1, 0.15) is 10.8 Å². The highest BCUT2D eigenvalue weighted by Gasteiger charge is 2.24. The Labute approximate surface area is 106 Å². The fourth-order valence-corrected chi connectivity index (χ4v) is 3.86. The maximum Gasteiger partial charge on any atom is 0.153 e. The topological polar surface area (TPSA) is 70.8 Å². The van der Waals surface area contributed by atoms with E-state index in [-0.39, 0.29) is 17.6 Å². The molecule has 4 nitrogen and oxygen atoms in total. The third-order valence-corrected chi connectivity index (χ3v) is 4.11. The molecule has 0 fully saturated rings. The number of rotatable bonds is 3. The van der Waals surface area contributed by atoms with Gasteiger partial charge in [0.25, 0.3) is 0 Å². The van der Waals surface area contributed by atoms with Gasteiger partial charge in [0.15, 0.2) is 9.84 Å². The minimum absolute atomic E-state index is 0.0494. The van der Waals surface area contributed by atoms with E-state index in [4.69, 9.17) is 5.26 Å². The summed E-state index contributed by atoms with van der Waals surface area (Å²) in [6.45, 7) is 6.02. The van der Waals surface area contributed by atoms with Gasteiger partial charge in [0, 0.05) is 16.5 Å². The first-order chi connectivity index (χ1) is 7.63. The van der Waals surface area contributed by atoms with Gasteiger partial charge < -0.3 is 0 Å². The summed E-state index contributed by atoms with van der Waals surface area (Å²) in [7, 11) is -3.08. The summed E-state index contributed by atoms with van der Waals surface area (Å²) in [4.78, 5) is 5.25. The molecule has 0 saturated heterocycles. The Morgan fingerprint density at radius 3 is 2.41 bits per heavy atom. The van der Waals surface area contributed by atoms with Gasteiger partial charge in [0.2, 0.25) is 0 Å². The van der Waals surface area contributed by atoms with E-state index in [9.17, 15) is 8.42 Å². The van der Waals surface area contributed by atoms with Crippen LogP contribution in [0.4, 0.5) is 0 Å². The van der Waals surface area contributed by atoms with Crippen molar-refractivity contribution in [1.82, 2.24) is 4.98 Å². The van der Waals surface area contributed by atoms with Crippen molar-refractivity contribution in [1.29, 1.82) is 5.26 Å². The van der Waals surface area contributed by atoms with Crippen LogP contribution in [0.2, 0.25) is 0 Å². The van der Waals surface area contributed by atoms with Crippen LogP contribution in [-0.4, -0.2) is 19.7 Å². The first kappa shape index (κ1) is 14.1. The van der Waals surface area contributed by atoms with Crippen LogP contribution in [0.5, 0.6) is 0 Å². The maximum absolute atomic E-state index is 11.2. The van der Waals surface area contributed by atoms with Crippen LogP contribution in [0.25, 0.3) is 0 Å². The summed E-state index contributed by atoms with van der Waals surface area (Å²) in [5.74, 6) is -0.0494. The van der Waals surface area contributed by atoms with Crippen LogP contribution in [0.15, 0.2) is 0 Å². The van der Waals surface area contributed by atoms with Crippen LogP contribution in [0.3, 0.4) is 0 Å². The summed E-state index contributed by atoms with van der Waals surface area (Å²) >= 11 is 1.33. The van der Waals surface area contributed by atoms with Gasteiger partial charge in [-0.25, -0.2) is 13.4 Å². The number of hydrogen-bond donors (Lipinski definition) is 0. The number of thiazole rings is 1. The molecule has 0 aliphatic carbocycles. The molecule has 6 heteroatoms. The molecule has 0 radical (unpaired) electrons. The van der Waals surface area contributed by atoms with Crippen LogP contribution < -0.4 is 0 Å². The maximum atomic E-state index is 11.2. The Kier molecular flexibility index (Phi) is 3.95. The third-order valence-electron chi connectivity index (χ3n) is 2.08. The highest BCUT2D eigenvalue weighted by molar-refractivity contribution is 7.90. The molecule has 0 aliphatic rings. The molecular weight excluding hydrogens is 256 g/mol. The summed E-state index contributed by atoms with van der Waals surface area (Å²) < 4.78 is 22.5. The molecule has 94 valence electrons. The zero-order valence-electron chi connectivity index (χ0n) is 10.4. The molecule has 0 amide bonds. The van der Waals surface area contributed by atoms with E-state index < -0.39 is 9.84 Å². The van der Waals surface area contributed by atoms with Crippen molar-refractivity contribution >= 4 is 21.2 Å². The Balaban J connectivity index is 3.18. The molecule has 0 aliphatic heterocycles. The lowest BCUT2D eigenvalue weighted by Crippen LogP contribution is -2.14. The third kappa shape index (κ3) is 4.10. The van der Waals surface area contributed by atoms with Gasteiger partial charge >= 0.3 is 0 Å². The van der Waals surface area contributed by atoms with E-state index in [1.54, 1.807) is 0 Å². The lowest BCUT2D eigenvalue weighted by atomic mass is 9.91. The molecule has 1 aromatic rings. The van der Waals surface area contributed by atoms with Gasteiger partial charge in [-0.2, -0.15) is 5.26 Å². The number of nitrogens with zero attached hydrogens (tertiary/aromatic N) is 2. The molecular formula is C11H16N2O2S2. The molecule has 0 bridgehead atoms. The lowest BCUT2D eigenvalue weighted by molar-refractivity contribution is 0.566. The minimum Gasteiger partial charge on any atom is -0.244 e. The molecule has 1 rings (SSSR count). The van der Waals surface area contributed by atoms with Crippen LogP contribution >= 0.6 is 11.3 Å². The smallest absolute Gasteiger partial charge is 0.153 e. The molecule has 0 aromatic carbocycles. The van der Waals surface area contributed by atoms with Crippen molar-refractivity contribution in [2.24, 2.45) is 0 Å². The average Bonchev–Trinajstić information content (AvgIpc) is 2.44. The Hall–Kier alpha value is -0.930. The summed E-state index contributed by atoms with van der Waals surface area (Å²) in [6.07, 6.45) is 1.48. The van der Waals surface area contributed by atoms with Crippen molar-refractivity contribution in [3.05, 3.63) is 15.6 Å². The monoisotopic (exact) mass is 272 g/mol. The largest absolute Gasteiger partial charge is 0.244 e. The number of sulfone groups is 1. The summed E-state index contributed by atoms with van der Waals surface area (Å²) in [5.41, 5.74) is 0.668. The first-order valence-electron chi connectivity index (χ1n) is 5.17. The van der Waals surface area contributed by atoms with Crippen LogP contribution in [0.1, 0.15) is 36.3 Å². The molecule has 0 spiro atoms. The average molecular weight is 272 g/mol. The second-order valence-corrected chi connectivity index (χ2v) is 8.34. The Morgan fingerprint density at radius 2 is 2.00 bits per heavy atom. The number of aromatic nitrogens is 1. The van der Waals surface area contributed by atoms with Gasteiger partial charge in [-0.15, -0.1) is 11.3 Å². The number of nitriles is 1. The Bertz CT molecular complexity index is 545. The molecule has 17 heavy (non-hydrogen) atoms. The second kappa shape index (κ2) is 4.75. The minimum atomic E-state index is -3.08. The first-order valence-corrected chi connectivity index (χ1v) is 8.05. The fourth-order valence-electron chi connectivity index (χ4n) is 1.46. The van der Waals surface area contributed by atoms with Crippen molar-refractivity contribution in [3.8, 4) is 6.07 Å². The van der Waals surface area contributed by atoms with Gasteiger partial charge in [-0.1, -0.05) is 20.8 Å².